The minimum atomic E-state index is -1.62. The van der Waals surface area contributed by atoms with Crippen LogP contribution in [0.1, 0.15) is 32.8 Å². The minimum absolute atomic E-state index is 0.0709. The van der Waals surface area contributed by atoms with Crippen molar-refractivity contribution in [2.75, 3.05) is 14.2 Å². The van der Waals surface area contributed by atoms with Crippen molar-refractivity contribution < 1.29 is 28.9 Å². The topological polar surface area (TPSA) is 94.4 Å². The number of aliphatic hydroxyl groups is 1. The highest BCUT2D eigenvalue weighted by Crippen LogP contribution is 2.39. The Hall–Kier alpha value is -2.67. The molecule has 0 unspecified atom stereocenters. The number of esters is 2. The van der Waals surface area contributed by atoms with Gasteiger partial charge < -0.3 is 19.3 Å². The van der Waals surface area contributed by atoms with Gasteiger partial charge in [-0.2, -0.15) is 0 Å². The smallest absolute Gasteiger partial charge is 0.340 e. The lowest BCUT2D eigenvalue weighted by molar-refractivity contribution is -0.158. The zero-order valence-electron chi connectivity index (χ0n) is 17.5. The maximum atomic E-state index is 12.9. The lowest BCUT2D eigenvalue weighted by Crippen LogP contribution is -2.59. The van der Waals surface area contributed by atoms with Crippen molar-refractivity contribution in [3.8, 4) is 0 Å². The highest BCUT2D eigenvalue weighted by molar-refractivity contribution is 6.00. The third-order valence-electron chi connectivity index (χ3n) is 5.00. The van der Waals surface area contributed by atoms with Crippen LogP contribution in [0.2, 0.25) is 0 Å². The van der Waals surface area contributed by atoms with E-state index in [9.17, 15) is 14.7 Å². The molecule has 7 nitrogen and oxygen atoms in total. The Morgan fingerprint density at radius 2 is 1.86 bits per heavy atom. The van der Waals surface area contributed by atoms with Crippen molar-refractivity contribution in [3.05, 3.63) is 48.0 Å². The summed E-state index contributed by atoms with van der Waals surface area (Å²) in [4.78, 5) is 28.8. The van der Waals surface area contributed by atoms with E-state index in [2.05, 4.69) is 9.73 Å². The average molecular weight is 403 g/mol. The molecule has 1 aromatic carbocycles. The Morgan fingerprint density at radius 1 is 1.21 bits per heavy atom. The standard InChI is InChI=1S/C22H29NO6/c1-14(2)19-22(21(26)28-5,18(25)15(3)10-9-13-17(24)27-4)23-20(29-19)16-11-7-6-8-12-16/h6-12,14-15,18-19,25H,13H2,1-5H3/b10-9+/t15-,18-,19+,22-/m0/s1. The number of carbonyl (C=O) groups is 2. The van der Waals surface area contributed by atoms with E-state index in [4.69, 9.17) is 9.47 Å². The molecule has 0 aliphatic carbocycles. The first-order chi connectivity index (χ1) is 13.8. The second-order valence-corrected chi connectivity index (χ2v) is 7.39. The number of hydrogen-bond donors (Lipinski definition) is 1. The molecule has 4 atom stereocenters. The zero-order chi connectivity index (χ0) is 21.6. The Morgan fingerprint density at radius 3 is 2.41 bits per heavy atom. The summed E-state index contributed by atoms with van der Waals surface area (Å²) in [7, 11) is 2.58. The molecule has 1 aliphatic heterocycles. The van der Waals surface area contributed by atoms with E-state index in [1.165, 1.54) is 14.2 Å². The number of benzene rings is 1. The molecule has 0 spiro atoms. The SMILES string of the molecule is COC(=O)C/C=C/[C@H](C)[C@H](O)[C@]1(C(=O)OC)N=C(c2ccccc2)O[C@@H]1C(C)C. The first kappa shape index (κ1) is 22.6. The van der Waals surface area contributed by atoms with Gasteiger partial charge in [-0.3, -0.25) is 4.79 Å². The van der Waals surface area contributed by atoms with E-state index in [0.29, 0.717) is 11.5 Å². The van der Waals surface area contributed by atoms with Gasteiger partial charge in [0.25, 0.3) is 0 Å². The van der Waals surface area contributed by atoms with Crippen LogP contribution >= 0.6 is 0 Å². The van der Waals surface area contributed by atoms with Gasteiger partial charge in [-0.25, -0.2) is 9.79 Å². The molecule has 7 heteroatoms. The van der Waals surface area contributed by atoms with Gasteiger partial charge in [0, 0.05) is 11.5 Å². The second kappa shape index (κ2) is 9.69. The molecule has 29 heavy (non-hydrogen) atoms. The lowest BCUT2D eigenvalue weighted by Gasteiger charge is -2.36. The second-order valence-electron chi connectivity index (χ2n) is 7.39. The van der Waals surface area contributed by atoms with Gasteiger partial charge in [-0.1, -0.05) is 51.1 Å². The van der Waals surface area contributed by atoms with Gasteiger partial charge in [0.2, 0.25) is 11.4 Å². The number of rotatable bonds is 8. The molecule has 0 amide bonds. The van der Waals surface area contributed by atoms with Crippen molar-refractivity contribution in [2.45, 2.75) is 44.9 Å². The molecule has 0 saturated heterocycles. The molecular formula is C22H29NO6. The first-order valence-electron chi connectivity index (χ1n) is 9.59. The summed E-state index contributed by atoms with van der Waals surface area (Å²) in [5.74, 6) is -1.39. The van der Waals surface area contributed by atoms with Gasteiger partial charge in [-0.15, -0.1) is 0 Å². The zero-order valence-corrected chi connectivity index (χ0v) is 17.5. The Balaban J connectivity index is 2.45. The average Bonchev–Trinajstić information content (AvgIpc) is 3.15. The third-order valence-corrected chi connectivity index (χ3v) is 5.00. The molecule has 0 fully saturated rings. The number of methoxy groups -OCH3 is 2. The molecule has 0 aromatic heterocycles. The summed E-state index contributed by atoms with van der Waals surface area (Å²) in [5, 5.41) is 11.2. The normalized spacial score (nSPS) is 23.4. The highest BCUT2D eigenvalue weighted by atomic mass is 16.5. The van der Waals surface area contributed by atoms with Crippen LogP contribution in [-0.2, 0) is 23.8 Å². The fraction of sp³-hybridized carbons (Fsp3) is 0.500. The van der Waals surface area contributed by atoms with Gasteiger partial charge >= 0.3 is 11.9 Å². The van der Waals surface area contributed by atoms with Crippen molar-refractivity contribution in [1.29, 1.82) is 0 Å². The molecule has 2 rings (SSSR count). The van der Waals surface area contributed by atoms with E-state index in [1.807, 2.05) is 44.2 Å². The summed E-state index contributed by atoms with van der Waals surface area (Å²) in [6.07, 6.45) is 1.41. The fourth-order valence-corrected chi connectivity index (χ4v) is 3.47. The van der Waals surface area contributed by atoms with Crippen LogP contribution < -0.4 is 0 Å². The van der Waals surface area contributed by atoms with Gasteiger partial charge in [0.15, 0.2) is 0 Å². The van der Waals surface area contributed by atoms with Crippen LogP contribution in [0.5, 0.6) is 0 Å². The van der Waals surface area contributed by atoms with Crippen LogP contribution in [0.3, 0.4) is 0 Å². The monoisotopic (exact) mass is 403 g/mol. The summed E-state index contributed by atoms with van der Waals surface area (Å²) in [5.41, 5.74) is -0.909. The molecule has 158 valence electrons. The Labute approximate surface area is 171 Å². The Kier molecular flexibility index (Phi) is 7.56. The summed E-state index contributed by atoms with van der Waals surface area (Å²) < 4.78 is 15.7. The minimum Gasteiger partial charge on any atom is -0.471 e. The van der Waals surface area contributed by atoms with Gasteiger partial charge in [0.05, 0.1) is 26.7 Å². The first-order valence-corrected chi connectivity index (χ1v) is 9.59. The van der Waals surface area contributed by atoms with Crippen molar-refractivity contribution in [1.82, 2.24) is 0 Å². The summed E-state index contributed by atoms with van der Waals surface area (Å²) in [6.45, 7) is 5.54. The maximum absolute atomic E-state index is 12.9. The molecule has 0 radical (unpaired) electrons. The predicted molar refractivity (Wildman–Crippen MR) is 108 cm³/mol. The van der Waals surface area contributed by atoms with Crippen molar-refractivity contribution in [3.63, 3.8) is 0 Å². The third kappa shape index (κ3) is 4.67. The maximum Gasteiger partial charge on any atom is 0.340 e. The molecule has 1 heterocycles. The molecular weight excluding hydrogens is 374 g/mol. The van der Waals surface area contributed by atoms with Crippen molar-refractivity contribution >= 4 is 17.8 Å². The molecule has 1 N–H and O–H groups in total. The van der Waals surface area contributed by atoms with Crippen LogP contribution in [0.4, 0.5) is 0 Å². The fourth-order valence-electron chi connectivity index (χ4n) is 3.47. The Bertz CT molecular complexity index is 773. The van der Waals surface area contributed by atoms with Crippen LogP contribution in [0.15, 0.2) is 47.5 Å². The van der Waals surface area contributed by atoms with E-state index in [1.54, 1.807) is 19.1 Å². The molecule has 1 aromatic rings. The summed E-state index contributed by atoms with van der Waals surface area (Å²) in [6, 6.07) is 9.22. The van der Waals surface area contributed by atoms with Gasteiger partial charge in [0.1, 0.15) is 6.10 Å². The number of aliphatic hydroxyl groups excluding tert-OH is 1. The van der Waals surface area contributed by atoms with Gasteiger partial charge in [-0.05, 0) is 18.1 Å². The van der Waals surface area contributed by atoms with Crippen molar-refractivity contribution in [2.24, 2.45) is 16.8 Å². The van der Waals surface area contributed by atoms with E-state index >= 15 is 0 Å². The van der Waals surface area contributed by atoms with E-state index in [0.717, 1.165) is 0 Å². The number of ether oxygens (including phenoxy) is 3. The molecule has 0 bridgehead atoms. The lowest BCUT2D eigenvalue weighted by atomic mass is 9.77. The molecule has 1 aliphatic rings. The van der Waals surface area contributed by atoms with E-state index in [-0.39, 0.29) is 18.3 Å². The van der Waals surface area contributed by atoms with E-state index < -0.39 is 29.6 Å². The largest absolute Gasteiger partial charge is 0.471 e. The van der Waals surface area contributed by atoms with Crippen LogP contribution in [0.25, 0.3) is 0 Å². The summed E-state index contributed by atoms with van der Waals surface area (Å²) >= 11 is 0. The number of aliphatic imine (C=N–C) groups is 1. The van der Waals surface area contributed by atoms with Crippen LogP contribution in [0, 0.1) is 11.8 Å². The van der Waals surface area contributed by atoms with Crippen LogP contribution in [-0.4, -0.2) is 54.9 Å². The quantitative estimate of drug-likeness (QED) is 0.529. The number of hydrogen-bond acceptors (Lipinski definition) is 7. The highest BCUT2D eigenvalue weighted by Gasteiger charge is 2.60. The predicted octanol–water partition coefficient (Wildman–Crippen LogP) is 2.52. The molecule has 0 saturated carbocycles. The number of nitrogens with zero attached hydrogens (tertiary/aromatic N) is 1. The number of carbonyl (C=O) groups excluding carboxylic acids is 2.